The first-order valence-corrected chi connectivity index (χ1v) is 7.94. The highest BCUT2D eigenvalue weighted by molar-refractivity contribution is 5.94. The van der Waals surface area contributed by atoms with Crippen LogP contribution in [-0.4, -0.2) is 0 Å². The maximum Gasteiger partial charge on any atom is 0.220 e. The first-order chi connectivity index (χ1) is 12.4. The van der Waals surface area contributed by atoms with E-state index in [0.717, 1.165) is 16.5 Å². The minimum absolute atomic E-state index is 0.506. The zero-order valence-electron chi connectivity index (χ0n) is 18.5. The number of benzene rings is 2. The minimum atomic E-state index is -2.38. The van der Waals surface area contributed by atoms with Gasteiger partial charge in [-0.3, -0.25) is 0 Å². The van der Waals surface area contributed by atoms with Gasteiger partial charge in [-0.2, -0.15) is 0 Å². The van der Waals surface area contributed by atoms with Crippen LogP contribution in [0.5, 0.6) is 0 Å². The molecular formula is C22H26N+. The first-order valence-electron chi connectivity index (χ1n) is 9.94. The van der Waals surface area contributed by atoms with E-state index in [4.69, 9.17) is 5.48 Å². The Morgan fingerprint density at radius 3 is 2.61 bits per heavy atom. The van der Waals surface area contributed by atoms with Gasteiger partial charge in [-0.15, -0.1) is 0 Å². The molecule has 0 saturated heterocycles. The molecule has 1 aromatic heterocycles. The van der Waals surface area contributed by atoms with E-state index in [0.29, 0.717) is 5.56 Å². The molecule has 2 aromatic carbocycles. The van der Waals surface area contributed by atoms with E-state index in [9.17, 15) is 0 Å². The summed E-state index contributed by atoms with van der Waals surface area (Å²) in [5, 5.41) is 2.00. The summed E-state index contributed by atoms with van der Waals surface area (Å²) in [7, 11) is 2.02. The second-order valence-corrected chi connectivity index (χ2v) is 6.46. The third-order valence-electron chi connectivity index (χ3n) is 4.64. The molecule has 3 aromatic rings. The van der Waals surface area contributed by atoms with Crippen LogP contribution in [0.3, 0.4) is 0 Å². The van der Waals surface area contributed by atoms with E-state index >= 15 is 0 Å². The summed E-state index contributed by atoms with van der Waals surface area (Å²) in [6, 6.07) is 11.9. The predicted molar refractivity (Wildman–Crippen MR) is 98.9 cm³/mol. The van der Waals surface area contributed by atoms with Crippen LogP contribution in [-0.2, 0) is 7.05 Å². The molecule has 1 unspecified atom stereocenters. The number of hydrogen-bond acceptors (Lipinski definition) is 0. The van der Waals surface area contributed by atoms with Crippen molar-refractivity contribution >= 4 is 10.8 Å². The molecule has 23 heavy (non-hydrogen) atoms. The number of aromatic nitrogens is 1. The molecule has 0 aliphatic heterocycles. The van der Waals surface area contributed by atoms with Gasteiger partial charge in [0.05, 0.1) is 10.9 Å². The van der Waals surface area contributed by atoms with Crippen LogP contribution in [0.2, 0.25) is 0 Å². The van der Waals surface area contributed by atoms with Crippen LogP contribution in [0.1, 0.15) is 47.4 Å². The quantitative estimate of drug-likeness (QED) is 0.560. The SMILES string of the molecule is [2H]C([2H])([2H])C([2H])(C)c1ccc2c(-c3cc(C)cc(C)c3C)[n+](C)ccc2c1. The standard InChI is InChI=1S/C22H26N/c1-14(2)18-7-8-20-19(13-18)9-10-23(6)22(20)21-12-15(3)11-16(4)17(21)5/h7-14H,1-6H3/q+1/i1D3,14D. The summed E-state index contributed by atoms with van der Waals surface area (Å²) in [5.74, 6) is -1.64. The van der Waals surface area contributed by atoms with Crippen LogP contribution in [0.25, 0.3) is 22.0 Å². The summed E-state index contributed by atoms with van der Waals surface area (Å²) >= 11 is 0. The van der Waals surface area contributed by atoms with E-state index in [2.05, 4.69) is 37.5 Å². The van der Waals surface area contributed by atoms with Crippen LogP contribution in [0.15, 0.2) is 42.6 Å². The van der Waals surface area contributed by atoms with Crippen LogP contribution in [0, 0.1) is 20.8 Å². The Balaban J connectivity index is 2.30. The van der Waals surface area contributed by atoms with Crippen molar-refractivity contribution in [2.24, 2.45) is 7.05 Å². The van der Waals surface area contributed by atoms with E-state index in [1.807, 2.05) is 31.4 Å². The molecule has 1 heteroatoms. The van der Waals surface area contributed by atoms with Gasteiger partial charge in [-0.25, -0.2) is 4.57 Å². The number of fused-ring (bicyclic) bond motifs is 1. The summed E-state index contributed by atoms with van der Waals surface area (Å²) in [6.45, 7) is 5.43. The van der Waals surface area contributed by atoms with Gasteiger partial charge in [0.15, 0.2) is 6.20 Å². The van der Waals surface area contributed by atoms with Gasteiger partial charge >= 0.3 is 0 Å². The van der Waals surface area contributed by atoms with Gasteiger partial charge in [-0.05, 0) is 60.9 Å². The Bertz CT molecular complexity index is 1030. The third-order valence-corrected chi connectivity index (χ3v) is 4.64. The zero-order chi connectivity index (χ0) is 20.1. The van der Waals surface area contributed by atoms with Gasteiger partial charge in [0.2, 0.25) is 5.69 Å². The van der Waals surface area contributed by atoms with E-state index in [-0.39, 0.29) is 0 Å². The predicted octanol–water partition coefficient (Wildman–Crippen LogP) is 5.38. The van der Waals surface area contributed by atoms with Crippen molar-refractivity contribution in [1.29, 1.82) is 0 Å². The fourth-order valence-electron chi connectivity index (χ4n) is 3.23. The second kappa shape index (κ2) is 5.81. The molecule has 0 amide bonds. The molecule has 0 N–H and O–H groups in total. The maximum absolute atomic E-state index is 8.38. The molecule has 0 aliphatic carbocycles. The van der Waals surface area contributed by atoms with Crippen LogP contribution >= 0.6 is 0 Å². The molecule has 0 aliphatic rings. The van der Waals surface area contributed by atoms with Crippen molar-refractivity contribution in [3.05, 3.63) is 64.8 Å². The third kappa shape index (κ3) is 2.76. The van der Waals surface area contributed by atoms with Gasteiger partial charge in [0.25, 0.3) is 0 Å². The fraction of sp³-hybridized carbons (Fsp3) is 0.318. The highest BCUT2D eigenvalue weighted by Gasteiger charge is 2.18. The van der Waals surface area contributed by atoms with Gasteiger partial charge in [0, 0.05) is 11.5 Å². The number of nitrogens with zero attached hydrogens (tertiary/aromatic N) is 1. The van der Waals surface area contributed by atoms with Crippen molar-refractivity contribution in [1.82, 2.24) is 0 Å². The number of hydrogen-bond donors (Lipinski definition) is 0. The first kappa shape index (κ1) is 11.4. The minimum Gasteiger partial charge on any atom is -0.200 e. The molecular weight excluding hydrogens is 278 g/mol. The Morgan fingerprint density at radius 2 is 1.87 bits per heavy atom. The lowest BCUT2D eigenvalue weighted by molar-refractivity contribution is -0.659. The van der Waals surface area contributed by atoms with Gasteiger partial charge in [-0.1, -0.05) is 37.5 Å². The summed E-state index contributed by atoms with van der Waals surface area (Å²) in [4.78, 5) is 0. The van der Waals surface area contributed by atoms with Crippen molar-refractivity contribution in [3.63, 3.8) is 0 Å². The molecule has 3 rings (SSSR count). The lowest BCUT2D eigenvalue weighted by Crippen LogP contribution is -2.30. The average Bonchev–Trinajstić information content (AvgIpc) is 2.57. The van der Waals surface area contributed by atoms with Gasteiger partial charge < -0.3 is 0 Å². The largest absolute Gasteiger partial charge is 0.220 e. The highest BCUT2D eigenvalue weighted by atomic mass is 14.9. The molecule has 0 radical (unpaired) electrons. The number of rotatable bonds is 2. The fourth-order valence-corrected chi connectivity index (χ4v) is 3.23. The monoisotopic (exact) mass is 308 g/mol. The normalized spacial score (nSPS) is 17.1. The van der Waals surface area contributed by atoms with Gasteiger partial charge in [0.1, 0.15) is 7.05 Å². The number of aryl methyl sites for hydroxylation is 3. The Labute approximate surface area is 145 Å². The lowest BCUT2D eigenvalue weighted by atomic mass is 9.93. The maximum atomic E-state index is 8.38. The summed E-state index contributed by atoms with van der Waals surface area (Å²) in [6.07, 6.45) is 2.00. The lowest BCUT2D eigenvalue weighted by Gasteiger charge is -2.12. The zero-order valence-corrected chi connectivity index (χ0v) is 14.5. The van der Waals surface area contributed by atoms with Crippen molar-refractivity contribution in [2.75, 3.05) is 0 Å². The van der Waals surface area contributed by atoms with E-state index in [1.165, 1.54) is 29.2 Å². The Morgan fingerprint density at radius 1 is 1.09 bits per heavy atom. The molecule has 1 atom stereocenters. The van der Waals surface area contributed by atoms with E-state index in [1.54, 1.807) is 6.07 Å². The van der Waals surface area contributed by atoms with Crippen molar-refractivity contribution in [2.45, 2.75) is 40.4 Å². The molecule has 0 saturated carbocycles. The van der Waals surface area contributed by atoms with Crippen LogP contribution < -0.4 is 4.57 Å². The Kier molecular flexibility index (Phi) is 2.88. The number of pyridine rings is 1. The van der Waals surface area contributed by atoms with Crippen molar-refractivity contribution in [3.8, 4) is 11.3 Å². The van der Waals surface area contributed by atoms with Crippen molar-refractivity contribution < 1.29 is 10.1 Å². The second-order valence-electron chi connectivity index (χ2n) is 6.46. The van der Waals surface area contributed by atoms with Crippen LogP contribution in [0.4, 0.5) is 0 Å². The highest BCUT2D eigenvalue weighted by Crippen LogP contribution is 2.31. The molecule has 0 fully saturated rings. The molecule has 0 bridgehead atoms. The molecule has 1 heterocycles. The molecule has 118 valence electrons. The Hall–Kier alpha value is -2.15. The summed E-state index contributed by atoms with van der Waals surface area (Å²) in [5.41, 5.74) is 6.48. The topological polar surface area (TPSA) is 3.88 Å². The molecule has 1 nitrogen and oxygen atoms in total. The smallest absolute Gasteiger partial charge is 0.200 e. The molecule has 0 spiro atoms. The van der Waals surface area contributed by atoms with E-state index < -0.39 is 12.7 Å². The average molecular weight is 308 g/mol. The summed E-state index contributed by atoms with van der Waals surface area (Å²) < 4.78 is 33.6.